The minimum Gasteiger partial charge on any atom is -0.480 e. The first-order valence-electron chi connectivity index (χ1n) is 13.7. The number of halogens is 1. The molecule has 2 fully saturated rings. The molecule has 1 amide bonds. The van der Waals surface area contributed by atoms with E-state index in [0.29, 0.717) is 16.9 Å². The van der Waals surface area contributed by atoms with E-state index in [1.54, 1.807) is 30.3 Å². The molecule has 0 aliphatic carbocycles. The Morgan fingerprint density at radius 1 is 0.923 bits per heavy atom. The molecule has 2 aliphatic rings. The van der Waals surface area contributed by atoms with Crippen molar-refractivity contribution >= 4 is 35.2 Å². The van der Waals surface area contributed by atoms with Crippen LogP contribution >= 0.6 is 11.6 Å². The first-order chi connectivity index (χ1) is 19.0. The number of carbonyl (C=O) groups is 2. The van der Waals surface area contributed by atoms with Crippen molar-refractivity contribution in [3.8, 4) is 0 Å². The van der Waals surface area contributed by atoms with Crippen LogP contribution in [0.3, 0.4) is 0 Å². The van der Waals surface area contributed by atoms with Gasteiger partial charge in [0.1, 0.15) is 17.6 Å². The third-order valence-corrected chi connectivity index (χ3v) is 7.87. The monoisotopic (exact) mass is 547 g/mol. The predicted octanol–water partition coefficient (Wildman–Crippen LogP) is 4.93. The number of rotatable bonds is 8. The van der Waals surface area contributed by atoms with Crippen LogP contribution in [0.25, 0.3) is 0 Å². The van der Waals surface area contributed by atoms with Crippen LogP contribution in [0.5, 0.6) is 0 Å². The van der Waals surface area contributed by atoms with Gasteiger partial charge in [-0.05, 0) is 61.3 Å². The molecular weight excluding hydrogens is 514 g/mol. The Morgan fingerprint density at radius 2 is 1.62 bits per heavy atom. The highest BCUT2D eigenvalue weighted by Crippen LogP contribution is 2.30. The van der Waals surface area contributed by atoms with Crippen LogP contribution in [0.15, 0.2) is 60.7 Å². The van der Waals surface area contributed by atoms with Crippen molar-refractivity contribution < 1.29 is 14.7 Å². The van der Waals surface area contributed by atoms with Gasteiger partial charge in [-0.3, -0.25) is 4.79 Å². The Balaban J connectivity index is 1.35. The Morgan fingerprint density at radius 3 is 2.28 bits per heavy atom. The van der Waals surface area contributed by atoms with Crippen LogP contribution in [0.4, 0.5) is 11.8 Å². The van der Waals surface area contributed by atoms with Gasteiger partial charge in [0.15, 0.2) is 0 Å². The number of hydrogen-bond acceptors (Lipinski definition) is 6. The third kappa shape index (κ3) is 6.87. The van der Waals surface area contributed by atoms with E-state index in [1.807, 2.05) is 6.07 Å². The lowest BCUT2D eigenvalue weighted by atomic mass is 9.90. The average Bonchev–Trinajstić information content (AvgIpc) is 2.98. The van der Waals surface area contributed by atoms with E-state index in [9.17, 15) is 14.7 Å². The topological polar surface area (TPSA) is 98.7 Å². The molecule has 0 radical (unpaired) electrons. The zero-order chi connectivity index (χ0) is 27.2. The number of carboxylic acid groups (broad SMARTS) is 1. The number of benzene rings is 2. The molecule has 5 rings (SSSR count). The highest BCUT2D eigenvalue weighted by molar-refractivity contribution is 6.30. The molecule has 0 unspecified atom stereocenters. The lowest BCUT2D eigenvalue weighted by Crippen LogP contribution is -2.43. The lowest BCUT2D eigenvalue weighted by molar-refractivity contribution is -0.139. The number of carbonyl (C=O) groups excluding carboxylic acids is 1. The zero-order valence-electron chi connectivity index (χ0n) is 21.9. The van der Waals surface area contributed by atoms with E-state index < -0.39 is 17.9 Å². The van der Waals surface area contributed by atoms with Crippen molar-refractivity contribution in [1.29, 1.82) is 0 Å². The maximum Gasteiger partial charge on any atom is 0.326 e. The standard InChI is InChI=1S/C30H34ClN5O3/c31-24-11-9-21(10-12-24)19-26(29(38)39)32-28(37)25-20-27(35-15-5-2-6-16-35)34-30(33-25)36-17-13-23(14-18-36)22-7-3-1-4-8-22/h1,3-4,7-12,20,23,26H,2,5-6,13-19H2,(H,32,37)(H,38,39)/t26-/m1/s1. The molecule has 204 valence electrons. The molecule has 9 heteroatoms. The van der Waals surface area contributed by atoms with Crippen LogP contribution in [0.2, 0.25) is 5.02 Å². The number of aliphatic carboxylic acids is 1. The molecule has 8 nitrogen and oxygen atoms in total. The number of piperidine rings is 2. The molecule has 2 saturated heterocycles. The van der Waals surface area contributed by atoms with E-state index in [2.05, 4.69) is 44.4 Å². The molecule has 3 aromatic rings. The van der Waals surface area contributed by atoms with Gasteiger partial charge >= 0.3 is 5.97 Å². The van der Waals surface area contributed by atoms with Gasteiger partial charge in [-0.2, -0.15) is 4.98 Å². The average molecular weight is 548 g/mol. The molecular formula is C30H34ClN5O3. The number of nitrogens with one attached hydrogen (secondary N) is 1. The van der Waals surface area contributed by atoms with E-state index in [1.165, 1.54) is 12.0 Å². The molecule has 3 heterocycles. The summed E-state index contributed by atoms with van der Waals surface area (Å²) in [5, 5.41) is 13.1. The summed E-state index contributed by atoms with van der Waals surface area (Å²) in [7, 11) is 0. The summed E-state index contributed by atoms with van der Waals surface area (Å²) in [6.45, 7) is 3.33. The van der Waals surface area contributed by atoms with Gasteiger partial charge in [-0.25, -0.2) is 9.78 Å². The van der Waals surface area contributed by atoms with E-state index in [4.69, 9.17) is 16.6 Å². The van der Waals surface area contributed by atoms with Crippen molar-refractivity contribution in [3.05, 3.63) is 82.5 Å². The summed E-state index contributed by atoms with van der Waals surface area (Å²) in [5.74, 6) is 0.114. The predicted molar refractivity (Wildman–Crippen MR) is 153 cm³/mol. The molecule has 0 spiro atoms. The van der Waals surface area contributed by atoms with Crippen LogP contribution in [0, 0.1) is 0 Å². The van der Waals surface area contributed by atoms with Gasteiger partial charge in [0.25, 0.3) is 5.91 Å². The van der Waals surface area contributed by atoms with Crippen LogP contribution < -0.4 is 15.1 Å². The largest absolute Gasteiger partial charge is 0.480 e. The van der Waals surface area contributed by atoms with Crippen molar-refractivity contribution in [1.82, 2.24) is 15.3 Å². The fraction of sp³-hybridized carbons (Fsp3) is 0.400. The van der Waals surface area contributed by atoms with Crippen LogP contribution in [-0.4, -0.2) is 59.2 Å². The highest BCUT2D eigenvalue weighted by Gasteiger charge is 2.27. The quantitative estimate of drug-likeness (QED) is 0.412. The molecule has 2 aliphatic heterocycles. The molecule has 39 heavy (non-hydrogen) atoms. The first kappa shape index (κ1) is 26.9. The number of anilines is 2. The SMILES string of the molecule is O=C(N[C@H](Cc1ccc(Cl)cc1)C(=O)O)c1cc(N2CCCCC2)nc(N2CCC(c3ccccc3)CC2)n1. The summed E-state index contributed by atoms with van der Waals surface area (Å²) >= 11 is 5.96. The van der Waals surface area contributed by atoms with E-state index >= 15 is 0 Å². The number of aromatic nitrogens is 2. The maximum absolute atomic E-state index is 13.4. The Hall–Kier alpha value is -3.65. The van der Waals surface area contributed by atoms with Crippen molar-refractivity contribution in [2.24, 2.45) is 0 Å². The van der Waals surface area contributed by atoms with Crippen molar-refractivity contribution in [2.45, 2.75) is 50.5 Å². The minimum atomic E-state index is -1.10. The molecule has 2 aromatic carbocycles. The summed E-state index contributed by atoms with van der Waals surface area (Å²) < 4.78 is 0. The molecule has 1 aromatic heterocycles. The molecule has 0 saturated carbocycles. The summed E-state index contributed by atoms with van der Waals surface area (Å²) in [6, 6.07) is 18.1. The second kappa shape index (κ2) is 12.5. The van der Waals surface area contributed by atoms with Crippen LogP contribution in [-0.2, 0) is 11.2 Å². The van der Waals surface area contributed by atoms with Crippen molar-refractivity contribution in [2.75, 3.05) is 36.0 Å². The normalized spacial score (nSPS) is 17.1. The molecule has 2 N–H and O–H groups in total. The Kier molecular flexibility index (Phi) is 8.61. The second-order valence-electron chi connectivity index (χ2n) is 10.3. The van der Waals surface area contributed by atoms with Crippen molar-refractivity contribution in [3.63, 3.8) is 0 Å². The smallest absolute Gasteiger partial charge is 0.326 e. The number of carboxylic acids is 1. The number of amides is 1. The van der Waals surface area contributed by atoms with Gasteiger partial charge in [0.05, 0.1) is 0 Å². The lowest BCUT2D eigenvalue weighted by Gasteiger charge is -2.34. The highest BCUT2D eigenvalue weighted by atomic mass is 35.5. The summed E-state index contributed by atoms with van der Waals surface area (Å²) in [5.41, 5.74) is 2.31. The first-order valence-corrected chi connectivity index (χ1v) is 14.1. The van der Waals surface area contributed by atoms with E-state index in [-0.39, 0.29) is 12.1 Å². The second-order valence-corrected chi connectivity index (χ2v) is 10.8. The number of hydrogen-bond donors (Lipinski definition) is 2. The van der Waals surface area contributed by atoms with Gasteiger partial charge < -0.3 is 20.2 Å². The number of nitrogens with zero attached hydrogens (tertiary/aromatic N) is 4. The Labute approximate surface area is 234 Å². The summed E-state index contributed by atoms with van der Waals surface area (Å²) in [4.78, 5) is 39.3. The fourth-order valence-electron chi connectivity index (χ4n) is 5.39. The Bertz CT molecular complexity index is 1270. The van der Waals surface area contributed by atoms with Gasteiger partial charge in [0.2, 0.25) is 5.95 Å². The third-order valence-electron chi connectivity index (χ3n) is 7.62. The fourth-order valence-corrected chi connectivity index (χ4v) is 5.52. The minimum absolute atomic E-state index is 0.141. The van der Waals surface area contributed by atoms with E-state index in [0.717, 1.165) is 63.2 Å². The van der Waals surface area contributed by atoms with Gasteiger partial charge in [-0.1, -0.05) is 54.1 Å². The molecule has 0 bridgehead atoms. The van der Waals surface area contributed by atoms with Gasteiger partial charge in [0, 0.05) is 43.7 Å². The summed E-state index contributed by atoms with van der Waals surface area (Å²) in [6.07, 6.45) is 5.43. The maximum atomic E-state index is 13.4. The molecule has 1 atom stereocenters. The van der Waals surface area contributed by atoms with Crippen LogP contribution in [0.1, 0.15) is 59.6 Å². The van der Waals surface area contributed by atoms with Gasteiger partial charge in [-0.15, -0.1) is 0 Å². The zero-order valence-corrected chi connectivity index (χ0v) is 22.7.